The first-order valence-electron chi connectivity index (χ1n) is 9.07. The van der Waals surface area contributed by atoms with Crippen LogP contribution < -0.4 is 5.32 Å². The molecule has 134 valence electrons. The second kappa shape index (κ2) is 7.72. The average molecular weight is 341 g/mol. The number of hydrogen-bond acceptors (Lipinski definition) is 3. The molecule has 3 nitrogen and oxygen atoms in total. The van der Waals surface area contributed by atoms with Gasteiger partial charge in [0.25, 0.3) is 0 Å². The number of hydrogen-bond donors (Lipinski definition) is 1. The summed E-state index contributed by atoms with van der Waals surface area (Å²) < 4.78 is 39.0. The highest BCUT2D eigenvalue weighted by molar-refractivity contribution is 5.45. The van der Waals surface area contributed by atoms with Crippen molar-refractivity contribution in [2.24, 2.45) is 0 Å². The topological polar surface area (TPSA) is 28.2 Å². The monoisotopic (exact) mass is 341 g/mol. The van der Waals surface area contributed by atoms with Gasteiger partial charge in [0.15, 0.2) is 0 Å². The molecule has 24 heavy (non-hydrogen) atoms. The van der Waals surface area contributed by atoms with Crippen molar-refractivity contribution in [3.63, 3.8) is 0 Å². The molecule has 3 rings (SSSR count). The molecule has 6 heteroatoms. The average Bonchev–Trinajstić information content (AvgIpc) is 3.09. The third-order valence-corrected chi connectivity index (χ3v) is 5.35. The van der Waals surface area contributed by atoms with Crippen LogP contribution in [-0.2, 0) is 6.18 Å². The van der Waals surface area contributed by atoms with Gasteiger partial charge in [0.2, 0.25) is 0 Å². The molecule has 1 N–H and O–H groups in total. The van der Waals surface area contributed by atoms with Crippen molar-refractivity contribution in [2.75, 3.05) is 18.4 Å². The standard InChI is InChI=1S/C18H26F3N3/c19-18(20,21)16-9-5-11-22-17(16)23-12-10-15-8-3-4-13-24(15)14-6-1-2-7-14/h5,9,11,14-15H,1-4,6-8,10,12-13H2,(H,22,23)/t15-/m0/s1. The predicted octanol–water partition coefficient (Wildman–Crippen LogP) is 4.70. The lowest BCUT2D eigenvalue weighted by Gasteiger charge is -2.40. The number of piperidine rings is 1. The van der Waals surface area contributed by atoms with E-state index in [9.17, 15) is 13.2 Å². The van der Waals surface area contributed by atoms with Crippen molar-refractivity contribution in [3.05, 3.63) is 23.9 Å². The van der Waals surface area contributed by atoms with Gasteiger partial charge in [-0.05, 0) is 50.8 Å². The second-order valence-electron chi connectivity index (χ2n) is 6.94. The number of rotatable bonds is 5. The normalized spacial score (nSPS) is 23.5. The minimum Gasteiger partial charge on any atom is -0.370 e. The smallest absolute Gasteiger partial charge is 0.370 e. The van der Waals surface area contributed by atoms with Gasteiger partial charge in [-0.3, -0.25) is 4.90 Å². The van der Waals surface area contributed by atoms with Crippen molar-refractivity contribution >= 4 is 5.82 Å². The Hall–Kier alpha value is -1.30. The summed E-state index contributed by atoms with van der Waals surface area (Å²) in [5.41, 5.74) is -0.679. The SMILES string of the molecule is FC(F)(F)c1cccnc1NCC[C@@H]1CCCCN1C1CCCC1. The van der Waals surface area contributed by atoms with Crippen molar-refractivity contribution in [3.8, 4) is 0 Å². The van der Waals surface area contributed by atoms with Crippen LogP contribution >= 0.6 is 0 Å². The molecule has 2 heterocycles. The van der Waals surface area contributed by atoms with Gasteiger partial charge >= 0.3 is 6.18 Å². The summed E-state index contributed by atoms with van der Waals surface area (Å²) in [5, 5.41) is 2.92. The first-order chi connectivity index (χ1) is 11.6. The highest BCUT2D eigenvalue weighted by atomic mass is 19.4. The summed E-state index contributed by atoms with van der Waals surface area (Å²) in [4.78, 5) is 6.51. The summed E-state index contributed by atoms with van der Waals surface area (Å²) in [5.74, 6) is -0.0479. The predicted molar refractivity (Wildman–Crippen MR) is 88.9 cm³/mol. The molecule has 0 amide bonds. The fourth-order valence-electron chi connectivity index (χ4n) is 4.18. The Morgan fingerprint density at radius 3 is 2.62 bits per heavy atom. The highest BCUT2D eigenvalue weighted by Gasteiger charge is 2.34. The van der Waals surface area contributed by atoms with Crippen LogP contribution in [0.4, 0.5) is 19.0 Å². The maximum atomic E-state index is 13.0. The molecule has 0 aromatic carbocycles. The third-order valence-electron chi connectivity index (χ3n) is 5.35. The first-order valence-corrected chi connectivity index (χ1v) is 9.07. The minimum absolute atomic E-state index is 0.0479. The lowest BCUT2D eigenvalue weighted by Crippen LogP contribution is -2.45. The van der Waals surface area contributed by atoms with Gasteiger partial charge in [-0.25, -0.2) is 4.98 Å². The van der Waals surface area contributed by atoms with E-state index in [2.05, 4.69) is 15.2 Å². The van der Waals surface area contributed by atoms with E-state index in [0.717, 1.165) is 25.5 Å². The van der Waals surface area contributed by atoms with E-state index >= 15 is 0 Å². The van der Waals surface area contributed by atoms with Gasteiger partial charge in [-0.15, -0.1) is 0 Å². The second-order valence-corrected chi connectivity index (χ2v) is 6.94. The van der Waals surface area contributed by atoms with Crippen LogP contribution in [0.15, 0.2) is 18.3 Å². The molecule has 2 fully saturated rings. The largest absolute Gasteiger partial charge is 0.419 e. The summed E-state index contributed by atoms with van der Waals surface area (Å²) in [6, 6.07) is 3.60. The highest BCUT2D eigenvalue weighted by Crippen LogP contribution is 2.34. The summed E-state index contributed by atoms with van der Waals surface area (Å²) in [6.07, 6.45) is 6.75. The minimum atomic E-state index is -4.36. The zero-order valence-corrected chi connectivity index (χ0v) is 14.0. The van der Waals surface area contributed by atoms with E-state index in [1.807, 2.05) is 0 Å². The Labute approximate surface area is 141 Å². The number of alkyl halides is 3. The van der Waals surface area contributed by atoms with Crippen LogP contribution in [0, 0.1) is 0 Å². The van der Waals surface area contributed by atoms with Crippen molar-refractivity contribution < 1.29 is 13.2 Å². The number of aromatic nitrogens is 1. The zero-order chi connectivity index (χ0) is 17.0. The fraction of sp³-hybridized carbons (Fsp3) is 0.722. The molecule has 0 bridgehead atoms. The van der Waals surface area contributed by atoms with Crippen LogP contribution in [-0.4, -0.2) is 35.1 Å². The van der Waals surface area contributed by atoms with Gasteiger partial charge < -0.3 is 5.32 Å². The molecule has 1 aliphatic heterocycles. The van der Waals surface area contributed by atoms with Crippen molar-refractivity contribution in [2.45, 2.75) is 69.6 Å². The summed E-state index contributed by atoms with van der Waals surface area (Å²) in [6.45, 7) is 1.68. The molecule has 0 spiro atoms. The Balaban J connectivity index is 1.57. The van der Waals surface area contributed by atoms with Crippen molar-refractivity contribution in [1.82, 2.24) is 9.88 Å². The van der Waals surface area contributed by atoms with Gasteiger partial charge in [-0.1, -0.05) is 19.3 Å². The van der Waals surface area contributed by atoms with E-state index in [4.69, 9.17) is 0 Å². The molecule has 1 aromatic rings. The third kappa shape index (κ3) is 4.21. The Kier molecular flexibility index (Phi) is 5.64. The van der Waals surface area contributed by atoms with Crippen molar-refractivity contribution in [1.29, 1.82) is 0 Å². The summed E-state index contributed by atoms with van der Waals surface area (Å²) in [7, 11) is 0. The van der Waals surface area contributed by atoms with Crippen LogP contribution in [0.1, 0.15) is 56.9 Å². The molecule has 1 aliphatic carbocycles. The lowest BCUT2D eigenvalue weighted by atomic mass is 9.96. The Morgan fingerprint density at radius 2 is 1.88 bits per heavy atom. The Morgan fingerprint density at radius 1 is 1.12 bits per heavy atom. The number of anilines is 1. The van der Waals surface area contributed by atoms with E-state index in [1.54, 1.807) is 0 Å². The lowest BCUT2D eigenvalue weighted by molar-refractivity contribution is -0.137. The molecule has 1 atom stereocenters. The molecule has 0 radical (unpaired) electrons. The number of nitrogens with zero attached hydrogens (tertiary/aromatic N) is 2. The fourth-order valence-corrected chi connectivity index (χ4v) is 4.18. The molecule has 0 unspecified atom stereocenters. The molecule has 1 saturated carbocycles. The molecule has 1 aromatic heterocycles. The maximum absolute atomic E-state index is 13.0. The van der Waals surface area contributed by atoms with Crippen LogP contribution in [0.5, 0.6) is 0 Å². The van der Waals surface area contributed by atoms with E-state index in [-0.39, 0.29) is 5.82 Å². The van der Waals surface area contributed by atoms with E-state index < -0.39 is 11.7 Å². The van der Waals surface area contributed by atoms with Crippen LogP contribution in [0.25, 0.3) is 0 Å². The first kappa shape index (κ1) is 17.5. The van der Waals surface area contributed by atoms with Crippen LogP contribution in [0.3, 0.4) is 0 Å². The van der Waals surface area contributed by atoms with Gasteiger partial charge in [0.05, 0.1) is 5.56 Å². The maximum Gasteiger partial charge on any atom is 0.419 e. The molecule has 1 saturated heterocycles. The van der Waals surface area contributed by atoms with E-state index in [1.165, 1.54) is 50.8 Å². The number of pyridine rings is 1. The number of likely N-dealkylation sites (tertiary alicyclic amines) is 1. The molecular formula is C18H26F3N3. The summed E-state index contributed by atoms with van der Waals surface area (Å²) >= 11 is 0. The quantitative estimate of drug-likeness (QED) is 0.841. The number of nitrogens with one attached hydrogen (secondary N) is 1. The van der Waals surface area contributed by atoms with E-state index in [0.29, 0.717) is 18.6 Å². The Bertz CT molecular complexity index is 526. The van der Waals surface area contributed by atoms with Gasteiger partial charge in [0, 0.05) is 24.8 Å². The molecule has 2 aliphatic rings. The number of halogens is 3. The van der Waals surface area contributed by atoms with Crippen LogP contribution in [0.2, 0.25) is 0 Å². The van der Waals surface area contributed by atoms with Gasteiger partial charge in [0.1, 0.15) is 5.82 Å². The van der Waals surface area contributed by atoms with Gasteiger partial charge in [-0.2, -0.15) is 13.2 Å². The zero-order valence-electron chi connectivity index (χ0n) is 14.0. The molecular weight excluding hydrogens is 315 g/mol.